The highest BCUT2D eigenvalue weighted by atomic mass is 16.5. The Bertz CT molecular complexity index is 304. The maximum absolute atomic E-state index is 6.03. The molecular weight excluding hydrogens is 234 g/mol. The molecule has 0 aliphatic heterocycles. The van der Waals surface area contributed by atoms with E-state index in [2.05, 4.69) is 19.2 Å². The first kappa shape index (κ1) is 13.9. The second-order valence-electron chi connectivity index (χ2n) is 7.57. The van der Waals surface area contributed by atoms with E-state index in [1.54, 1.807) is 0 Å². The van der Waals surface area contributed by atoms with Gasteiger partial charge in [-0.1, -0.05) is 32.6 Å². The monoisotopic (exact) mass is 265 g/mol. The first-order valence-corrected chi connectivity index (χ1v) is 8.54. The Kier molecular flexibility index (Phi) is 3.92. The van der Waals surface area contributed by atoms with Crippen molar-refractivity contribution in [3.63, 3.8) is 0 Å². The summed E-state index contributed by atoms with van der Waals surface area (Å²) in [6, 6.07) is 0.738. The van der Waals surface area contributed by atoms with Gasteiger partial charge in [0.2, 0.25) is 0 Å². The molecule has 2 unspecified atom stereocenters. The lowest BCUT2D eigenvalue weighted by Gasteiger charge is -2.58. The van der Waals surface area contributed by atoms with Gasteiger partial charge >= 0.3 is 0 Å². The molecule has 19 heavy (non-hydrogen) atoms. The highest BCUT2D eigenvalue weighted by molar-refractivity contribution is 5.09. The zero-order valence-corrected chi connectivity index (χ0v) is 12.8. The Labute approximate surface area is 118 Å². The van der Waals surface area contributed by atoms with Crippen LogP contribution < -0.4 is 5.32 Å². The summed E-state index contributed by atoms with van der Waals surface area (Å²) in [7, 11) is 0. The second-order valence-corrected chi connectivity index (χ2v) is 7.57. The van der Waals surface area contributed by atoms with Gasteiger partial charge in [0.05, 0.1) is 6.10 Å². The predicted octanol–water partition coefficient (Wildman–Crippen LogP) is 3.89. The van der Waals surface area contributed by atoms with E-state index in [0.29, 0.717) is 16.9 Å². The van der Waals surface area contributed by atoms with Crippen LogP contribution in [0, 0.1) is 10.8 Å². The van der Waals surface area contributed by atoms with Crippen LogP contribution in [-0.4, -0.2) is 25.3 Å². The smallest absolute Gasteiger partial charge is 0.0661 e. The van der Waals surface area contributed by atoms with Crippen LogP contribution in [0.5, 0.6) is 0 Å². The molecule has 0 aromatic heterocycles. The summed E-state index contributed by atoms with van der Waals surface area (Å²) in [5.41, 5.74) is 1.10. The summed E-state index contributed by atoms with van der Waals surface area (Å²) in [5, 5.41) is 3.93. The molecule has 1 N–H and O–H groups in total. The molecular formula is C17H31NO. The molecule has 3 rings (SSSR count). The van der Waals surface area contributed by atoms with Gasteiger partial charge in [0, 0.05) is 24.6 Å². The lowest BCUT2D eigenvalue weighted by Crippen LogP contribution is -2.65. The molecule has 0 aromatic rings. The van der Waals surface area contributed by atoms with E-state index in [1.807, 2.05) is 0 Å². The van der Waals surface area contributed by atoms with Crippen LogP contribution in [0.15, 0.2) is 0 Å². The molecule has 3 fully saturated rings. The van der Waals surface area contributed by atoms with E-state index in [0.717, 1.165) is 12.6 Å². The molecule has 0 amide bonds. The molecule has 2 nitrogen and oxygen atoms in total. The molecule has 3 aliphatic carbocycles. The van der Waals surface area contributed by atoms with Crippen LogP contribution in [0.3, 0.4) is 0 Å². The van der Waals surface area contributed by atoms with Gasteiger partial charge in [-0.25, -0.2) is 0 Å². The number of nitrogens with one attached hydrogen (secondary N) is 1. The fourth-order valence-corrected chi connectivity index (χ4v) is 4.68. The minimum absolute atomic E-state index is 0.494. The topological polar surface area (TPSA) is 21.3 Å². The zero-order valence-electron chi connectivity index (χ0n) is 12.8. The quantitative estimate of drug-likeness (QED) is 0.814. The first-order chi connectivity index (χ1) is 9.19. The van der Waals surface area contributed by atoms with Gasteiger partial charge in [-0.05, 0) is 44.4 Å². The molecule has 110 valence electrons. The van der Waals surface area contributed by atoms with Crippen LogP contribution in [0.1, 0.15) is 71.6 Å². The summed E-state index contributed by atoms with van der Waals surface area (Å²) in [6.07, 6.45) is 13.1. The van der Waals surface area contributed by atoms with Crippen molar-refractivity contribution in [2.75, 3.05) is 13.2 Å². The zero-order chi connectivity index (χ0) is 13.3. The second kappa shape index (κ2) is 5.37. The summed E-state index contributed by atoms with van der Waals surface area (Å²) in [5.74, 6) is 0. The number of hydrogen-bond acceptors (Lipinski definition) is 2. The van der Waals surface area contributed by atoms with Crippen molar-refractivity contribution >= 4 is 0 Å². The molecule has 3 aliphatic rings. The normalized spacial score (nSPS) is 35.7. The fraction of sp³-hybridized carbons (Fsp3) is 1.00. The summed E-state index contributed by atoms with van der Waals surface area (Å²) < 4.78 is 6.03. The SMILES string of the molecule is CCOC1CC(NCC2(C)CCC2)C12CCCCC2. The van der Waals surface area contributed by atoms with Crippen molar-refractivity contribution in [1.29, 1.82) is 0 Å². The number of rotatable bonds is 5. The third-order valence-electron chi connectivity index (χ3n) is 6.27. The number of ether oxygens (including phenoxy) is 1. The van der Waals surface area contributed by atoms with Crippen LogP contribution in [0.2, 0.25) is 0 Å². The molecule has 2 atom stereocenters. The molecule has 0 aromatic carbocycles. The summed E-state index contributed by atoms with van der Waals surface area (Å²) in [6.45, 7) is 6.72. The third kappa shape index (κ3) is 2.47. The Morgan fingerprint density at radius 2 is 1.79 bits per heavy atom. The van der Waals surface area contributed by atoms with Crippen molar-refractivity contribution in [1.82, 2.24) is 5.32 Å². The van der Waals surface area contributed by atoms with E-state index in [-0.39, 0.29) is 0 Å². The van der Waals surface area contributed by atoms with E-state index in [9.17, 15) is 0 Å². The largest absolute Gasteiger partial charge is 0.378 e. The van der Waals surface area contributed by atoms with Crippen molar-refractivity contribution in [2.24, 2.45) is 10.8 Å². The molecule has 0 radical (unpaired) electrons. The molecule has 1 spiro atoms. The minimum atomic E-state index is 0.494. The summed E-state index contributed by atoms with van der Waals surface area (Å²) in [4.78, 5) is 0. The van der Waals surface area contributed by atoms with Gasteiger partial charge in [-0.15, -0.1) is 0 Å². The van der Waals surface area contributed by atoms with Gasteiger partial charge in [0.15, 0.2) is 0 Å². The molecule has 3 saturated carbocycles. The molecule has 0 bridgehead atoms. The van der Waals surface area contributed by atoms with E-state index in [1.165, 1.54) is 64.3 Å². The van der Waals surface area contributed by atoms with Gasteiger partial charge in [0.25, 0.3) is 0 Å². The number of hydrogen-bond donors (Lipinski definition) is 1. The van der Waals surface area contributed by atoms with E-state index in [4.69, 9.17) is 4.74 Å². The Morgan fingerprint density at radius 3 is 2.37 bits per heavy atom. The average molecular weight is 265 g/mol. The van der Waals surface area contributed by atoms with Crippen molar-refractivity contribution in [2.45, 2.75) is 83.8 Å². The van der Waals surface area contributed by atoms with Crippen LogP contribution in [0.25, 0.3) is 0 Å². The van der Waals surface area contributed by atoms with E-state index < -0.39 is 0 Å². The standard InChI is InChI=1S/C17H31NO/c1-3-19-15-12-14(17(15)10-5-4-6-11-17)18-13-16(2)8-7-9-16/h14-15,18H,3-13H2,1-2H3. The highest BCUT2D eigenvalue weighted by Crippen LogP contribution is 2.53. The van der Waals surface area contributed by atoms with E-state index >= 15 is 0 Å². The maximum atomic E-state index is 6.03. The third-order valence-corrected chi connectivity index (χ3v) is 6.27. The van der Waals surface area contributed by atoms with Gasteiger partial charge in [-0.2, -0.15) is 0 Å². The van der Waals surface area contributed by atoms with Crippen molar-refractivity contribution in [3.8, 4) is 0 Å². The van der Waals surface area contributed by atoms with Crippen LogP contribution >= 0.6 is 0 Å². The first-order valence-electron chi connectivity index (χ1n) is 8.54. The van der Waals surface area contributed by atoms with Crippen molar-refractivity contribution in [3.05, 3.63) is 0 Å². The fourth-order valence-electron chi connectivity index (χ4n) is 4.68. The maximum Gasteiger partial charge on any atom is 0.0661 e. The summed E-state index contributed by atoms with van der Waals surface area (Å²) >= 11 is 0. The Hall–Kier alpha value is -0.0800. The van der Waals surface area contributed by atoms with Gasteiger partial charge < -0.3 is 10.1 Å². The van der Waals surface area contributed by atoms with Crippen LogP contribution in [0.4, 0.5) is 0 Å². The minimum Gasteiger partial charge on any atom is -0.378 e. The molecule has 2 heteroatoms. The Morgan fingerprint density at radius 1 is 1.05 bits per heavy atom. The molecule has 0 heterocycles. The van der Waals surface area contributed by atoms with Gasteiger partial charge in [-0.3, -0.25) is 0 Å². The van der Waals surface area contributed by atoms with Crippen molar-refractivity contribution < 1.29 is 4.74 Å². The van der Waals surface area contributed by atoms with Crippen LogP contribution in [-0.2, 0) is 4.74 Å². The molecule has 0 saturated heterocycles. The Balaban J connectivity index is 1.58. The predicted molar refractivity (Wildman–Crippen MR) is 79.3 cm³/mol. The van der Waals surface area contributed by atoms with Gasteiger partial charge in [0.1, 0.15) is 0 Å². The lowest BCUT2D eigenvalue weighted by atomic mass is 9.55. The highest BCUT2D eigenvalue weighted by Gasteiger charge is 2.55. The average Bonchev–Trinajstić information content (AvgIpc) is 2.41. The lowest BCUT2D eigenvalue weighted by molar-refractivity contribution is -0.152.